The second-order valence-corrected chi connectivity index (χ2v) is 4.82. The van der Waals surface area contributed by atoms with Crippen molar-refractivity contribution in [3.8, 4) is 0 Å². The van der Waals surface area contributed by atoms with Crippen molar-refractivity contribution in [3.05, 3.63) is 11.6 Å². The summed E-state index contributed by atoms with van der Waals surface area (Å²) in [5, 5.41) is 9.96. The normalized spacial score (nSPS) is 20.5. The predicted octanol–water partition coefficient (Wildman–Crippen LogP) is 3.67. The molecule has 1 atom stereocenters. The van der Waals surface area contributed by atoms with E-state index in [-0.39, 0.29) is 6.10 Å². The Labute approximate surface area is 88.2 Å². The molecule has 0 unspecified atom stereocenters. The van der Waals surface area contributed by atoms with Gasteiger partial charge in [-0.15, -0.1) is 0 Å². The summed E-state index contributed by atoms with van der Waals surface area (Å²) >= 11 is 0. The van der Waals surface area contributed by atoms with Gasteiger partial charge < -0.3 is 5.11 Å². The Morgan fingerprint density at radius 3 is 2.50 bits per heavy atom. The molecule has 0 aromatic heterocycles. The lowest BCUT2D eigenvalue weighted by Crippen LogP contribution is -2.22. The molecule has 1 heteroatoms. The number of allylic oxidation sites excluding steroid dienone is 2. The zero-order valence-electron chi connectivity index (χ0n) is 9.63. The van der Waals surface area contributed by atoms with Gasteiger partial charge in [0.15, 0.2) is 0 Å². The summed E-state index contributed by atoms with van der Waals surface area (Å²) in [6.45, 7) is 4.24. The molecule has 0 radical (unpaired) electrons. The van der Waals surface area contributed by atoms with Crippen molar-refractivity contribution in [1.82, 2.24) is 0 Å². The Hall–Kier alpha value is -0.300. The summed E-state index contributed by atoms with van der Waals surface area (Å²) in [6, 6.07) is 0. The molecule has 1 aliphatic rings. The maximum Gasteiger partial charge on any atom is 0.0571 e. The van der Waals surface area contributed by atoms with E-state index in [0.29, 0.717) is 5.92 Å². The third-order valence-corrected chi connectivity index (χ3v) is 3.21. The monoisotopic (exact) mass is 196 g/mol. The van der Waals surface area contributed by atoms with Crippen LogP contribution in [0.1, 0.15) is 58.8 Å². The highest BCUT2D eigenvalue weighted by Gasteiger charge is 2.20. The number of aliphatic hydroxyl groups excluding tert-OH is 1. The van der Waals surface area contributed by atoms with E-state index in [0.717, 1.165) is 12.8 Å². The summed E-state index contributed by atoms with van der Waals surface area (Å²) in [6.07, 6.45) is 10.7. The van der Waals surface area contributed by atoms with E-state index >= 15 is 0 Å². The smallest absolute Gasteiger partial charge is 0.0571 e. The number of hydrogen-bond donors (Lipinski definition) is 1. The van der Waals surface area contributed by atoms with Crippen LogP contribution in [0.15, 0.2) is 11.6 Å². The summed E-state index contributed by atoms with van der Waals surface area (Å²) in [7, 11) is 0. The zero-order valence-corrected chi connectivity index (χ0v) is 9.63. The van der Waals surface area contributed by atoms with Crippen LogP contribution in [0, 0.1) is 5.92 Å². The van der Waals surface area contributed by atoms with E-state index in [4.69, 9.17) is 0 Å². The lowest BCUT2D eigenvalue weighted by Gasteiger charge is -2.26. The highest BCUT2D eigenvalue weighted by Crippen LogP contribution is 2.28. The molecule has 0 saturated heterocycles. The molecule has 0 aromatic rings. The van der Waals surface area contributed by atoms with Gasteiger partial charge in [0.25, 0.3) is 0 Å². The molecule has 0 aromatic carbocycles. The van der Waals surface area contributed by atoms with Gasteiger partial charge in [0.05, 0.1) is 6.10 Å². The molecule has 1 fully saturated rings. The first kappa shape index (κ1) is 11.8. The van der Waals surface area contributed by atoms with Gasteiger partial charge in [0.2, 0.25) is 0 Å². The first-order valence-electron chi connectivity index (χ1n) is 6.01. The zero-order chi connectivity index (χ0) is 10.4. The molecule has 0 spiro atoms. The molecule has 1 nitrogen and oxygen atoms in total. The molecule has 1 aliphatic carbocycles. The number of rotatable bonds is 4. The summed E-state index contributed by atoms with van der Waals surface area (Å²) in [5.74, 6) is 0.592. The first-order chi connectivity index (χ1) is 6.70. The summed E-state index contributed by atoms with van der Waals surface area (Å²) in [5.41, 5.74) is 1.36. The van der Waals surface area contributed by atoms with Gasteiger partial charge in [0, 0.05) is 0 Å². The predicted molar refractivity (Wildman–Crippen MR) is 61.2 cm³/mol. The second-order valence-electron chi connectivity index (χ2n) is 4.82. The minimum absolute atomic E-state index is 0.0501. The largest absolute Gasteiger partial charge is 0.393 e. The SMILES string of the molecule is CC(C)=CCC[C@H](O)C1CCCCC1. The molecular weight excluding hydrogens is 172 g/mol. The maximum absolute atomic E-state index is 9.96. The fourth-order valence-electron chi connectivity index (χ4n) is 2.30. The van der Waals surface area contributed by atoms with Crippen molar-refractivity contribution >= 4 is 0 Å². The van der Waals surface area contributed by atoms with E-state index in [1.54, 1.807) is 0 Å². The van der Waals surface area contributed by atoms with Gasteiger partial charge in [-0.1, -0.05) is 30.9 Å². The molecular formula is C13H24O. The molecule has 14 heavy (non-hydrogen) atoms. The molecule has 1 N–H and O–H groups in total. The summed E-state index contributed by atoms with van der Waals surface area (Å²) in [4.78, 5) is 0. The van der Waals surface area contributed by atoms with Crippen molar-refractivity contribution in [3.63, 3.8) is 0 Å². The van der Waals surface area contributed by atoms with Crippen LogP contribution in [0.25, 0.3) is 0 Å². The van der Waals surface area contributed by atoms with E-state index in [9.17, 15) is 5.11 Å². The van der Waals surface area contributed by atoms with E-state index in [1.165, 1.54) is 37.7 Å². The lowest BCUT2D eigenvalue weighted by molar-refractivity contribution is 0.0781. The standard InChI is InChI=1S/C13H24O/c1-11(2)7-6-10-13(14)12-8-4-3-5-9-12/h7,12-14H,3-6,8-10H2,1-2H3/t13-/m0/s1. The van der Waals surface area contributed by atoms with Crippen molar-refractivity contribution < 1.29 is 5.11 Å². The highest BCUT2D eigenvalue weighted by atomic mass is 16.3. The van der Waals surface area contributed by atoms with Gasteiger partial charge in [-0.05, 0) is 45.4 Å². The molecule has 1 rings (SSSR count). The average molecular weight is 196 g/mol. The van der Waals surface area contributed by atoms with Gasteiger partial charge in [-0.25, -0.2) is 0 Å². The Morgan fingerprint density at radius 1 is 1.29 bits per heavy atom. The van der Waals surface area contributed by atoms with Crippen LogP contribution < -0.4 is 0 Å². The summed E-state index contributed by atoms with van der Waals surface area (Å²) < 4.78 is 0. The van der Waals surface area contributed by atoms with Gasteiger partial charge in [-0.2, -0.15) is 0 Å². The fourth-order valence-corrected chi connectivity index (χ4v) is 2.30. The minimum atomic E-state index is -0.0501. The van der Waals surface area contributed by atoms with Crippen LogP contribution in [0.5, 0.6) is 0 Å². The van der Waals surface area contributed by atoms with Gasteiger partial charge in [-0.3, -0.25) is 0 Å². The molecule has 0 aliphatic heterocycles. The Balaban J connectivity index is 2.19. The molecule has 0 bridgehead atoms. The van der Waals surface area contributed by atoms with E-state index in [1.807, 2.05) is 0 Å². The van der Waals surface area contributed by atoms with Crippen molar-refractivity contribution in [2.45, 2.75) is 64.9 Å². The van der Waals surface area contributed by atoms with Crippen LogP contribution in [0.2, 0.25) is 0 Å². The highest BCUT2D eigenvalue weighted by molar-refractivity contribution is 4.93. The molecule has 0 amide bonds. The lowest BCUT2D eigenvalue weighted by atomic mass is 9.84. The van der Waals surface area contributed by atoms with Crippen LogP contribution in [-0.2, 0) is 0 Å². The topological polar surface area (TPSA) is 20.2 Å². The van der Waals surface area contributed by atoms with Crippen molar-refractivity contribution in [2.75, 3.05) is 0 Å². The minimum Gasteiger partial charge on any atom is -0.393 e. The Kier molecular flexibility index (Phi) is 5.24. The number of aliphatic hydroxyl groups is 1. The van der Waals surface area contributed by atoms with E-state index < -0.39 is 0 Å². The Morgan fingerprint density at radius 2 is 1.93 bits per heavy atom. The third-order valence-electron chi connectivity index (χ3n) is 3.21. The van der Waals surface area contributed by atoms with Gasteiger partial charge >= 0.3 is 0 Å². The fraction of sp³-hybridized carbons (Fsp3) is 0.846. The van der Waals surface area contributed by atoms with Crippen LogP contribution >= 0.6 is 0 Å². The second kappa shape index (κ2) is 6.23. The van der Waals surface area contributed by atoms with Crippen LogP contribution in [0.3, 0.4) is 0 Å². The number of hydrogen-bond acceptors (Lipinski definition) is 1. The molecule has 0 heterocycles. The van der Waals surface area contributed by atoms with Gasteiger partial charge in [0.1, 0.15) is 0 Å². The Bertz CT molecular complexity index is 174. The van der Waals surface area contributed by atoms with Crippen LogP contribution in [0.4, 0.5) is 0 Å². The quantitative estimate of drug-likeness (QED) is 0.680. The maximum atomic E-state index is 9.96. The third kappa shape index (κ3) is 4.28. The first-order valence-corrected chi connectivity index (χ1v) is 6.01. The van der Waals surface area contributed by atoms with Crippen LogP contribution in [-0.4, -0.2) is 11.2 Å². The molecule has 82 valence electrons. The molecule has 1 saturated carbocycles. The van der Waals surface area contributed by atoms with E-state index in [2.05, 4.69) is 19.9 Å². The van der Waals surface area contributed by atoms with Crippen molar-refractivity contribution in [1.29, 1.82) is 0 Å². The van der Waals surface area contributed by atoms with Crippen molar-refractivity contribution in [2.24, 2.45) is 5.92 Å². The average Bonchev–Trinajstić information content (AvgIpc) is 2.18.